The van der Waals surface area contributed by atoms with Crippen molar-refractivity contribution >= 4 is 14.9 Å². The van der Waals surface area contributed by atoms with Crippen LogP contribution in [-0.2, 0) is 6.42 Å². The van der Waals surface area contributed by atoms with Gasteiger partial charge in [-0.1, -0.05) is 54.5 Å². The van der Waals surface area contributed by atoms with E-state index in [9.17, 15) is 0 Å². The molecular weight excluding hydrogens is 273 g/mol. The zero-order valence-electron chi connectivity index (χ0n) is 14.0. The van der Waals surface area contributed by atoms with E-state index in [1.807, 2.05) is 13.0 Å². The van der Waals surface area contributed by atoms with E-state index in [-0.39, 0.29) is 0 Å². The van der Waals surface area contributed by atoms with E-state index in [1.54, 1.807) is 0 Å². The molecule has 114 valence electrons. The Balaban J connectivity index is 2.86. The summed E-state index contributed by atoms with van der Waals surface area (Å²) in [5, 5.41) is 1.21. The minimum atomic E-state index is 0.942. The highest BCUT2D eigenvalue weighted by Gasteiger charge is 2.07. The number of benzene rings is 1. The van der Waals surface area contributed by atoms with Gasteiger partial charge in [0.05, 0.1) is 0 Å². The predicted octanol–water partition coefficient (Wildman–Crippen LogP) is 5.28. The van der Waals surface area contributed by atoms with Crippen LogP contribution in [-0.4, -0.2) is 13.6 Å². The van der Waals surface area contributed by atoms with Gasteiger partial charge in [-0.05, 0) is 44.1 Å². The second kappa shape index (κ2) is 8.85. The van der Waals surface area contributed by atoms with E-state index in [0.29, 0.717) is 0 Å². The van der Waals surface area contributed by atoms with Crippen molar-refractivity contribution in [2.24, 2.45) is 0 Å². The molecule has 0 bridgehead atoms. The van der Waals surface area contributed by atoms with Crippen LogP contribution in [0.1, 0.15) is 31.9 Å². The molecule has 0 saturated heterocycles. The van der Waals surface area contributed by atoms with Crippen molar-refractivity contribution in [3.8, 4) is 0 Å². The van der Waals surface area contributed by atoms with Crippen molar-refractivity contribution in [3.63, 3.8) is 0 Å². The maximum absolute atomic E-state index is 2.78. The van der Waals surface area contributed by atoms with Crippen molar-refractivity contribution in [3.05, 3.63) is 64.5 Å². The molecule has 1 atom stereocenters. The molecule has 0 aromatic heterocycles. The minimum absolute atomic E-state index is 0.942. The molecule has 0 aliphatic rings. The quantitative estimate of drug-likeness (QED) is 0.511. The van der Waals surface area contributed by atoms with Crippen molar-refractivity contribution in [2.75, 3.05) is 18.5 Å². The zero-order chi connectivity index (χ0) is 15.8. The van der Waals surface area contributed by atoms with Crippen molar-refractivity contribution in [2.45, 2.75) is 34.1 Å². The Hall–Kier alpha value is -1.33. The average molecular weight is 301 g/mol. The Bertz CT molecular complexity index is 553. The third-order valence-electron chi connectivity index (χ3n) is 3.41. The Labute approximate surface area is 132 Å². The number of rotatable bonds is 6. The standard InChI is InChI=1S/C19H28NP/c1-6-8-9-18(21)13-16(4)14-20(5)19-11-10-15(3)12-17(19)7-2/h6,8-13H,7,14,21H2,1-5H3/b8-6-,16-13+,18-9+. The molecule has 1 aromatic rings. The smallest absolute Gasteiger partial charge is 0.0399 e. The SMILES string of the molecule is C\C=C/C=C(P)\C=C(/C)CN(C)c1ccc(C)cc1CC. The lowest BCUT2D eigenvalue weighted by molar-refractivity contribution is 0.959. The first-order valence-corrected chi connectivity index (χ1v) is 8.12. The normalized spacial score (nSPS) is 13.0. The lowest BCUT2D eigenvalue weighted by atomic mass is 10.1. The number of allylic oxidation sites excluding steroid dienone is 5. The third kappa shape index (κ3) is 5.89. The molecule has 0 aliphatic heterocycles. The van der Waals surface area contributed by atoms with Gasteiger partial charge in [-0.3, -0.25) is 0 Å². The topological polar surface area (TPSA) is 3.24 Å². The monoisotopic (exact) mass is 301 g/mol. The largest absolute Gasteiger partial charge is 0.370 e. The lowest BCUT2D eigenvalue weighted by Gasteiger charge is -2.23. The number of hydrogen-bond acceptors (Lipinski definition) is 1. The summed E-state index contributed by atoms with van der Waals surface area (Å²) in [5.41, 5.74) is 5.43. The van der Waals surface area contributed by atoms with Gasteiger partial charge in [0.2, 0.25) is 0 Å². The zero-order valence-corrected chi connectivity index (χ0v) is 15.1. The van der Waals surface area contributed by atoms with Gasteiger partial charge in [-0.15, -0.1) is 9.24 Å². The fourth-order valence-electron chi connectivity index (χ4n) is 2.41. The second-order valence-electron chi connectivity index (χ2n) is 5.52. The van der Waals surface area contributed by atoms with Crippen LogP contribution in [0.15, 0.2) is 53.4 Å². The lowest BCUT2D eigenvalue weighted by Crippen LogP contribution is -2.20. The predicted molar refractivity (Wildman–Crippen MR) is 100 cm³/mol. The molecule has 0 aliphatic carbocycles. The highest BCUT2D eigenvalue weighted by molar-refractivity contribution is 7.22. The molecule has 0 fully saturated rings. The van der Waals surface area contributed by atoms with Gasteiger partial charge in [0.25, 0.3) is 0 Å². The molecule has 0 radical (unpaired) electrons. The number of likely N-dealkylation sites (N-methyl/N-ethyl adjacent to an activating group) is 1. The first-order chi connectivity index (χ1) is 9.97. The summed E-state index contributed by atoms with van der Waals surface area (Å²) in [6, 6.07) is 6.72. The Morgan fingerprint density at radius 1 is 1.33 bits per heavy atom. The van der Waals surface area contributed by atoms with E-state index in [4.69, 9.17) is 0 Å². The van der Waals surface area contributed by atoms with Crippen LogP contribution >= 0.6 is 9.24 Å². The van der Waals surface area contributed by atoms with Gasteiger partial charge in [-0.25, -0.2) is 0 Å². The fourth-order valence-corrected chi connectivity index (χ4v) is 2.81. The van der Waals surface area contributed by atoms with Crippen LogP contribution in [0.5, 0.6) is 0 Å². The minimum Gasteiger partial charge on any atom is -0.370 e. The van der Waals surface area contributed by atoms with Crippen LogP contribution in [0.4, 0.5) is 5.69 Å². The summed E-state index contributed by atoms with van der Waals surface area (Å²) in [6.07, 6.45) is 9.50. The van der Waals surface area contributed by atoms with E-state index >= 15 is 0 Å². The maximum Gasteiger partial charge on any atom is 0.0399 e. The van der Waals surface area contributed by atoms with Crippen LogP contribution in [0.2, 0.25) is 0 Å². The molecule has 1 unspecified atom stereocenters. The van der Waals surface area contributed by atoms with E-state index in [1.165, 1.54) is 27.7 Å². The van der Waals surface area contributed by atoms with E-state index in [2.05, 4.69) is 78.4 Å². The average Bonchev–Trinajstić information content (AvgIpc) is 2.44. The summed E-state index contributed by atoms with van der Waals surface area (Å²) < 4.78 is 0. The fraction of sp³-hybridized carbons (Fsp3) is 0.368. The molecule has 0 saturated carbocycles. The molecule has 1 rings (SSSR count). The molecule has 0 heterocycles. The van der Waals surface area contributed by atoms with Crippen LogP contribution < -0.4 is 4.90 Å². The maximum atomic E-state index is 2.78. The van der Waals surface area contributed by atoms with Crippen LogP contribution in [0.3, 0.4) is 0 Å². The van der Waals surface area contributed by atoms with Gasteiger partial charge < -0.3 is 4.90 Å². The number of hydrogen-bond donors (Lipinski definition) is 0. The Kier molecular flexibility index (Phi) is 7.47. The molecule has 2 heteroatoms. The molecule has 0 amide bonds. The summed E-state index contributed by atoms with van der Waals surface area (Å²) in [4.78, 5) is 2.33. The van der Waals surface area contributed by atoms with Gasteiger partial charge in [0.15, 0.2) is 0 Å². The highest BCUT2D eigenvalue weighted by atomic mass is 31.0. The Morgan fingerprint density at radius 3 is 2.67 bits per heavy atom. The Morgan fingerprint density at radius 2 is 2.05 bits per heavy atom. The third-order valence-corrected chi connectivity index (χ3v) is 3.77. The number of aryl methyl sites for hydroxylation is 2. The molecule has 1 nitrogen and oxygen atoms in total. The first-order valence-electron chi connectivity index (χ1n) is 7.54. The van der Waals surface area contributed by atoms with Gasteiger partial charge >= 0.3 is 0 Å². The first kappa shape index (κ1) is 17.7. The van der Waals surface area contributed by atoms with Crippen LogP contribution in [0.25, 0.3) is 0 Å². The second-order valence-corrected chi connectivity index (χ2v) is 6.19. The van der Waals surface area contributed by atoms with Crippen molar-refractivity contribution in [1.29, 1.82) is 0 Å². The number of nitrogens with zero attached hydrogens (tertiary/aromatic N) is 1. The van der Waals surface area contributed by atoms with Gasteiger partial charge in [-0.2, -0.15) is 0 Å². The van der Waals surface area contributed by atoms with E-state index in [0.717, 1.165) is 13.0 Å². The molecule has 0 N–H and O–H groups in total. The molecular formula is C19H28NP. The molecule has 1 aromatic carbocycles. The summed E-state index contributed by atoms with van der Waals surface area (Å²) in [7, 11) is 4.95. The molecule has 0 spiro atoms. The summed E-state index contributed by atoms with van der Waals surface area (Å²) in [6.45, 7) is 9.53. The molecule has 21 heavy (non-hydrogen) atoms. The van der Waals surface area contributed by atoms with Crippen molar-refractivity contribution < 1.29 is 0 Å². The van der Waals surface area contributed by atoms with Gasteiger partial charge in [0.1, 0.15) is 0 Å². The number of anilines is 1. The highest BCUT2D eigenvalue weighted by Crippen LogP contribution is 2.22. The van der Waals surface area contributed by atoms with E-state index < -0.39 is 0 Å². The summed E-state index contributed by atoms with van der Waals surface area (Å²) >= 11 is 0. The van der Waals surface area contributed by atoms with Gasteiger partial charge in [0, 0.05) is 19.3 Å². The summed E-state index contributed by atoms with van der Waals surface area (Å²) in [5.74, 6) is 0. The van der Waals surface area contributed by atoms with Crippen molar-refractivity contribution in [1.82, 2.24) is 0 Å². The van der Waals surface area contributed by atoms with Crippen LogP contribution in [0, 0.1) is 6.92 Å².